The van der Waals surface area contributed by atoms with E-state index < -0.39 is 43.7 Å². The van der Waals surface area contributed by atoms with E-state index in [0.29, 0.717) is 46.3 Å². The van der Waals surface area contributed by atoms with E-state index in [4.69, 9.17) is 72.0 Å². The third-order valence-corrected chi connectivity index (χ3v) is 13.4. The number of carbonyl (C=O) groups is 1. The number of hydrogen-bond acceptors (Lipinski definition) is 10. The molecule has 3 fully saturated rings. The van der Waals surface area contributed by atoms with Gasteiger partial charge in [0.2, 0.25) is 0 Å². The van der Waals surface area contributed by atoms with Gasteiger partial charge in [0.25, 0.3) is 0 Å². The molecule has 0 spiro atoms. The maximum absolute atomic E-state index is 11.9. The van der Waals surface area contributed by atoms with Gasteiger partial charge in [0, 0.05) is 32.1 Å². The molecule has 4 aliphatic rings. The van der Waals surface area contributed by atoms with Crippen molar-refractivity contribution in [1.82, 2.24) is 0 Å². The van der Waals surface area contributed by atoms with Gasteiger partial charge >= 0.3 is 29.0 Å². The second-order valence-corrected chi connectivity index (χ2v) is 20.5. The number of halogens is 4. The van der Waals surface area contributed by atoms with Crippen LogP contribution in [0.15, 0.2) is 103 Å². The van der Waals surface area contributed by atoms with Crippen LogP contribution < -0.4 is 11.5 Å². The average Bonchev–Trinajstić information content (AvgIpc) is 3.38. The summed E-state index contributed by atoms with van der Waals surface area (Å²) in [4.78, 5) is 11.9. The van der Waals surface area contributed by atoms with E-state index >= 15 is 0 Å². The van der Waals surface area contributed by atoms with E-state index in [2.05, 4.69) is 18.2 Å². The van der Waals surface area contributed by atoms with E-state index in [-0.39, 0.29) is 5.78 Å². The predicted octanol–water partition coefficient (Wildman–Crippen LogP) is 15.5. The van der Waals surface area contributed by atoms with E-state index in [9.17, 15) is 20.1 Å². The van der Waals surface area contributed by atoms with Gasteiger partial charge in [-0.2, -0.15) is 0 Å². The van der Waals surface area contributed by atoms with Crippen LogP contribution in [0.4, 0.5) is 0 Å². The minimum atomic E-state index is -6.06. The molecule has 10 nitrogen and oxygen atoms in total. The molecular weight excluding hydrogens is 1160 g/mol. The first-order valence-corrected chi connectivity index (χ1v) is 30.9. The van der Waals surface area contributed by atoms with Crippen molar-refractivity contribution in [2.75, 3.05) is 0 Å². The van der Waals surface area contributed by atoms with Gasteiger partial charge in [0.05, 0.1) is 17.7 Å². The quantitative estimate of drug-likeness (QED) is 0.131. The number of rotatable bonds is 4. The molecule has 0 heterocycles. The summed E-state index contributed by atoms with van der Waals surface area (Å²) in [5, 5.41) is 33.0. The number of ketones is 1. The van der Waals surface area contributed by atoms with Crippen molar-refractivity contribution in [3.8, 4) is 0 Å². The molecule has 7 N–H and O–H groups in total. The second-order valence-electron chi connectivity index (χ2n) is 16.3. The van der Waals surface area contributed by atoms with Crippen LogP contribution in [-0.2, 0) is 50.5 Å². The topological polar surface area (TPSA) is 198 Å². The summed E-state index contributed by atoms with van der Waals surface area (Å²) >= 11 is 18.3. The Balaban J connectivity index is 0.000000852. The fraction of sp³-hybridized carbons (Fsp3) is 0.518. The first kappa shape index (κ1) is 68.1. The zero-order valence-corrected chi connectivity index (χ0v) is 48.8. The molecule has 0 amide bonds. The molecule has 0 aromatic heterocycles. The van der Waals surface area contributed by atoms with Crippen molar-refractivity contribution in [3.05, 3.63) is 145 Å². The summed E-state index contributed by atoms with van der Waals surface area (Å²) in [6, 6.07) is 30.2. The standard InChI is InChI=1S/C12H16ClNO.C12H14ClNO.C12H15ClO2.C12H13Cl.4C2H6.4O.Os/c2*13-10-6-2-1-5-9(10)12(14)8-4-3-7-11(12)15;13-10-6-2-1-5-9(10)12(15)8-4-3-7-11(12)14;13-12-9-5-4-8-11(12)10-6-2-1-3-7-10;4*1-2;;;;;/h1-2,5-6,11,15H,3-4,7-8,14H2;1-2,5-6H,3-4,7-8,14H2;1-2,5-6,11,14-15H,3-4,7-8H2;4-6,8-9H,1-3,7H2;4*1-2H3;;;;;. The molecule has 4 aliphatic carbocycles. The van der Waals surface area contributed by atoms with Crippen LogP contribution in [0, 0.1) is 0 Å². The Bertz CT molecular complexity index is 2320. The van der Waals surface area contributed by atoms with Gasteiger partial charge in [-0.15, -0.1) is 0 Å². The Labute approximate surface area is 447 Å². The number of carbonyl (C=O) groups excluding carboxylic acids is 1. The molecule has 15 heteroatoms. The molecule has 0 bridgehead atoms. The van der Waals surface area contributed by atoms with Crippen molar-refractivity contribution in [1.29, 1.82) is 0 Å². The number of hydrogen-bond donors (Lipinski definition) is 5. The normalized spacial score (nSPS) is 23.2. The van der Waals surface area contributed by atoms with Crippen LogP contribution >= 0.6 is 46.4 Å². The molecular formula is C56H82Cl4N2O8Os. The van der Waals surface area contributed by atoms with Crippen molar-refractivity contribution >= 4 is 57.8 Å². The van der Waals surface area contributed by atoms with Crippen molar-refractivity contribution in [2.24, 2.45) is 11.5 Å². The zero-order chi connectivity index (χ0) is 54.3. The van der Waals surface area contributed by atoms with Gasteiger partial charge in [0.1, 0.15) is 11.1 Å². The number of aliphatic hydroxyl groups is 3. The van der Waals surface area contributed by atoms with Crippen LogP contribution in [0.2, 0.25) is 20.1 Å². The SMILES string of the molecule is CC.CC.CC.CC.Clc1ccccc1C1=CCCCC1.NC1(c2ccccc2Cl)CCCCC1=O.NC1(c2ccccc2Cl)CCCCC1O.OC1CCCCC1(O)c1ccccc1Cl.[O]=[Os](=[O])(=[O])=[O]. The molecule has 0 radical (unpaired) electrons. The summed E-state index contributed by atoms with van der Waals surface area (Å²) < 4.78 is 34.5. The Kier molecular flexibility index (Phi) is 34.6. The van der Waals surface area contributed by atoms with Gasteiger partial charge in [0.15, 0.2) is 5.78 Å². The summed E-state index contributed by atoms with van der Waals surface area (Å²) in [6.07, 6.45) is 16.2. The van der Waals surface area contributed by atoms with Crippen LogP contribution in [0.25, 0.3) is 5.57 Å². The van der Waals surface area contributed by atoms with Crippen molar-refractivity contribution in [3.63, 3.8) is 0 Å². The first-order valence-electron chi connectivity index (χ1n) is 25.3. The number of allylic oxidation sites excluding steroid dienone is 2. The van der Waals surface area contributed by atoms with Crippen molar-refractivity contribution < 1.29 is 49.1 Å². The first-order chi connectivity index (χ1) is 33.8. The molecule has 0 aliphatic heterocycles. The zero-order valence-electron chi connectivity index (χ0n) is 43.2. The van der Waals surface area contributed by atoms with Crippen LogP contribution in [-0.4, -0.2) is 33.3 Å². The number of nitrogens with two attached hydrogens (primary N) is 2. The fourth-order valence-corrected chi connectivity index (χ4v) is 9.73. The third-order valence-electron chi connectivity index (χ3n) is 12.1. The van der Waals surface area contributed by atoms with Gasteiger partial charge < -0.3 is 26.8 Å². The van der Waals surface area contributed by atoms with Gasteiger partial charge in [-0.1, -0.05) is 213 Å². The molecule has 0 saturated heterocycles. The van der Waals surface area contributed by atoms with E-state index in [1.807, 2.05) is 122 Å². The maximum atomic E-state index is 11.9. The summed E-state index contributed by atoms with van der Waals surface area (Å²) in [5.41, 5.74) is 14.8. The molecule has 5 unspecified atom stereocenters. The second kappa shape index (κ2) is 36.1. The van der Waals surface area contributed by atoms with E-state index in [0.717, 1.165) is 67.5 Å². The number of benzene rings is 4. The number of aliphatic hydroxyl groups excluding tert-OH is 2. The fourth-order valence-electron chi connectivity index (χ4n) is 8.56. The molecule has 400 valence electrons. The molecule has 4 aromatic rings. The van der Waals surface area contributed by atoms with Crippen LogP contribution in [0.5, 0.6) is 0 Å². The van der Waals surface area contributed by atoms with Crippen molar-refractivity contribution in [2.45, 2.75) is 187 Å². The van der Waals surface area contributed by atoms with E-state index in [1.54, 1.807) is 18.2 Å². The molecule has 71 heavy (non-hydrogen) atoms. The van der Waals surface area contributed by atoms with E-state index in [1.165, 1.54) is 36.8 Å². The van der Waals surface area contributed by atoms with Crippen LogP contribution in [0.1, 0.15) is 180 Å². The Morgan fingerprint density at radius 3 is 1.35 bits per heavy atom. The molecule has 8 rings (SSSR count). The third kappa shape index (κ3) is 22.2. The summed E-state index contributed by atoms with van der Waals surface area (Å²) in [7, 11) is 0. The predicted molar refractivity (Wildman–Crippen MR) is 288 cm³/mol. The average molecular weight is 1240 g/mol. The monoisotopic (exact) mass is 1240 g/mol. The Morgan fingerprint density at radius 2 is 0.915 bits per heavy atom. The van der Waals surface area contributed by atoms with Gasteiger partial charge in [-0.25, -0.2) is 0 Å². The minimum absolute atomic E-state index is 0.113. The summed E-state index contributed by atoms with van der Waals surface area (Å²) in [6.45, 7) is 16.0. The molecule has 4 aromatic carbocycles. The van der Waals surface area contributed by atoms with Gasteiger partial charge in [-0.05, 0) is 111 Å². The molecule has 3 saturated carbocycles. The molecule has 5 atom stereocenters. The van der Waals surface area contributed by atoms with Gasteiger partial charge in [-0.3, -0.25) is 4.79 Å². The Hall–Kier alpha value is -2.91. The number of Topliss-reactive ketones (excluding diaryl/α,β-unsaturated/α-hetero) is 1. The Morgan fingerprint density at radius 1 is 0.507 bits per heavy atom. The van der Waals surface area contributed by atoms with Crippen LogP contribution in [0.3, 0.4) is 0 Å². The summed E-state index contributed by atoms with van der Waals surface area (Å²) in [5.74, 6) is 0.113.